The highest BCUT2D eigenvalue weighted by atomic mass is 32.2. The van der Waals surface area contributed by atoms with E-state index in [0.29, 0.717) is 17.8 Å². The van der Waals surface area contributed by atoms with E-state index in [2.05, 4.69) is 41.4 Å². The van der Waals surface area contributed by atoms with Gasteiger partial charge >= 0.3 is 0 Å². The summed E-state index contributed by atoms with van der Waals surface area (Å²) in [4.78, 5) is 16.1. The number of fused-ring (bicyclic) bond motifs is 1. The number of hydrogen-bond donors (Lipinski definition) is 1. The average molecular weight is 333 g/mol. The van der Waals surface area contributed by atoms with E-state index in [9.17, 15) is 4.79 Å². The van der Waals surface area contributed by atoms with E-state index in [1.54, 1.807) is 0 Å². The summed E-state index contributed by atoms with van der Waals surface area (Å²) in [7, 11) is 0. The van der Waals surface area contributed by atoms with Gasteiger partial charge in [-0.2, -0.15) is 0 Å². The van der Waals surface area contributed by atoms with Crippen molar-refractivity contribution in [2.45, 2.75) is 68.1 Å². The van der Waals surface area contributed by atoms with Crippen LogP contribution in [-0.2, 0) is 4.79 Å². The number of nitrogens with one attached hydrogen (secondary N) is 1. The molecule has 0 saturated heterocycles. The third-order valence-electron chi connectivity index (χ3n) is 4.82. The monoisotopic (exact) mass is 332 g/mol. The molecule has 1 aliphatic heterocycles. The first-order valence-corrected chi connectivity index (χ1v) is 9.90. The van der Waals surface area contributed by atoms with E-state index in [1.165, 1.54) is 42.7 Å². The van der Waals surface area contributed by atoms with Crippen LogP contribution in [0, 0.1) is 0 Å². The molecule has 0 spiro atoms. The topological polar surface area (TPSA) is 32.3 Å². The molecule has 1 aromatic rings. The van der Waals surface area contributed by atoms with Crippen molar-refractivity contribution in [2.75, 3.05) is 18.0 Å². The predicted octanol–water partition coefficient (Wildman–Crippen LogP) is 4.22. The van der Waals surface area contributed by atoms with Crippen LogP contribution >= 0.6 is 11.8 Å². The molecule has 1 saturated carbocycles. The molecule has 3 rings (SSSR count). The maximum atomic E-state index is 12.5. The molecule has 1 fully saturated rings. The Bertz CT molecular complexity index is 526. The Hall–Kier alpha value is -1.16. The highest BCUT2D eigenvalue weighted by molar-refractivity contribution is 8.00. The van der Waals surface area contributed by atoms with Crippen molar-refractivity contribution in [3.8, 4) is 0 Å². The number of rotatable bonds is 3. The van der Waals surface area contributed by atoms with Gasteiger partial charge in [0.15, 0.2) is 0 Å². The van der Waals surface area contributed by atoms with Crippen LogP contribution in [-0.4, -0.2) is 30.3 Å². The van der Waals surface area contributed by atoms with E-state index >= 15 is 0 Å². The predicted molar refractivity (Wildman–Crippen MR) is 98.2 cm³/mol. The quantitative estimate of drug-likeness (QED) is 0.899. The van der Waals surface area contributed by atoms with Gasteiger partial charge in [0.1, 0.15) is 0 Å². The first-order chi connectivity index (χ1) is 11.2. The van der Waals surface area contributed by atoms with E-state index in [4.69, 9.17) is 0 Å². The fraction of sp³-hybridized carbons (Fsp3) is 0.632. The molecule has 0 radical (unpaired) electrons. The van der Waals surface area contributed by atoms with Gasteiger partial charge in [0.05, 0.1) is 12.2 Å². The second kappa shape index (κ2) is 8.09. The number of benzene rings is 1. The molecule has 1 atom stereocenters. The third kappa shape index (κ3) is 4.66. The molecule has 3 nitrogen and oxygen atoms in total. The summed E-state index contributed by atoms with van der Waals surface area (Å²) in [6.45, 7) is 3.67. The molecule has 0 aromatic heterocycles. The van der Waals surface area contributed by atoms with Crippen molar-refractivity contribution in [3.63, 3.8) is 0 Å². The van der Waals surface area contributed by atoms with Gasteiger partial charge in [0.25, 0.3) is 0 Å². The second-order valence-electron chi connectivity index (χ2n) is 6.89. The number of carbonyl (C=O) groups excluding carboxylic acids is 1. The number of thioether (sulfide) groups is 1. The molecule has 126 valence electrons. The largest absolute Gasteiger partial charge is 0.360 e. The van der Waals surface area contributed by atoms with Crippen LogP contribution in [0.25, 0.3) is 0 Å². The lowest BCUT2D eigenvalue weighted by molar-refractivity contribution is -0.120. The number of nitrogens with zero attached hydrogens (tertiary/aromatic N) is 1. The zero-order valence-electron chi connectivity index (χ0n) is 14.1. The first kappa shape index (κ1) is 16.7. The lowest BCUT2D eigenvalue weighted by Gasteiger charge is -2.34. The fourth-order valence-electron chi connectivity index (χ4n) is 3.68. The summed E-state index contributed by atoms with van der Waals surface area (Å²) in [5.74, 6) is 0.185. The van der Waals surface area contributed by atoms with Crippen LogP contribution < -0.4 is 10.2 Å². The molecule has 1 heterocycles. The van der Waals surface area contributed by atoms with Gasteiger partial charge in [0.2, 0.25) is 5.91 Å². The first-order valence-electron chi connectivity index (χ1n) is 9.02. The summed E-state index contributed by atoms with van der Waals surface area (Å²) >= 11 is 1.91. The fourth-order valence-corrected chi connectivity index (χ4v) is 4.84. The number of amides is 1. The smallest absolute Gasteiger partial charge is 0.239 e. The lowest BCUT2D eigenvalue weighted by atomic mass is 9.97. The zero-order valence-corrected chi connectivity index (χ0v) is 14.9. The molecule has 4 heteroatoms. The van der Waals surface area contributed by atoms with E-state index in [1.807, 2.05) is 11.8 Å². The Labute approximate surface area is 144 Å². The lowest BCUT2D eigenvalue weighted by Crippen LogP contribution is -2.45. The van der Waals surface area contributed by atoms with E-state index < -0.39 is 0 Å². The Morgan fingerprint density at radius 2 is 1.87 bits per heavy atom. The van der Waals surface area contributed by atoms with Crippen LogP contribution in [0.5, 0.6) is 0 Å². The van der Waals surface area contributed by atoms with Crippen molar-refractivity contribution in [1.82, 2.24) is 5.32 Å². The summed E-state index contributed by atoms with van der Waals surface area (Å²) in [6.07, 6.45) is 8.81. The Kier molecular flexibility index (Phi) is 5.87. The molecule has 0 unspecified atom stereocenters. The summed E-state index contributed by atoms with van der Waals surface area (Å²) < 4.78 is 0. The summed E-state index contributed by atoms with van der Waals surface area (Å²) in [6, 6.07) is 8.83. The molecular formula is C19H28N2OS. The average Bonchev–Trinajstić information content (AvgIpc) is 2.49. The minimum Gasteiger partial charge on any atom is -0.360 e. The minimum atomic E-state index is 0.185. The number of anilines is 1. The Balaban J connectivity index is 1.59. The highest BCUT2D eigenvalue weighted by Crippen LogP contribution is 2.37. The number of para-hydroxylation sites is 1. The van der Waals surface area contributed by atoms with Crippen molar-refractivity contribution in [2.24, 2.45) is 0 Å². The standard InChI is InChI=1S/C19H28N2OS/c1-15-13-21(17-11-7-8-12-18(17)23-15)14-19(22)20-16-9-5-3-2-4-6-10-16/h7-8,11-12,15-16H,2-6,9-10,13-14H2,1H3,(H,20,22)/t15-/m0/s1. The summed E-state index contributed by atoms with van der Waals surface area (Å²) in [5, 5.41) is 3.82. The van der Waals surface area contributed by atoms with Crippen LogP contribution in [0.2, 0.25) is 0 Å². The SMILES string of the molecule is C[C@H]1CN(CC(=O)NC2CCCCCCC2)c2ccccc2S1. The number of hydrogen-bond acceptors (Lipinski definition) is 3. The van der Waals surface area contributed by atoms with Gasteiger partial charge in [0, 0.05) is 22.7 Å². The van der Waals surface area contributed by atoms with Crippen molar-refractivity contribution < 1.29 is 4.79 Å². The second-order valence-corrected chi connectivity index (χ2v) is 8.37. The van der Waals surface area contributed by atoms with Crippen LogP contribution in [0.15, 0.2) is 29.2 Å². The molecule has 1 N–H and O–H groups in total. The zero-order chi connectivity index (χ0) is 16.1. The van der Waals surface area contributed by atoms with E-state index in [-0.39, 0.29) is 5.91 Å². The molecule has 1 aromatic carbocycles. The van der Waals surface area contributed by atoms with Crippen LogP contribution in [0.1, 0.15) is 51.9 Å². The maximum absolute atomic E-state index is 12.5. The molecule has 1 amide bonds. The molecular weight excluding hydrogens is 304 g/mol. The van der Waals surface area contributed by atoms with Gasteiger partial charge in [-0.05, 0) is 25.0 Å². The van der Waals surface area contributed by atoms with Crippen LogP contribution in [0.4, 0.5) is 5.69 Å². The van der Waals surface area contributed by atoms with Crippen LogP contribution in [0.3, 0.4) is 0 Å². The van der Waals surface area contributed by atoms with Gasteiger partial charge in [-0.3, -0.25) is 4.79 Å². The van der Waals surface area contributed by atoms with E-state index in [0.717, 1.165) is 19.4 Å². The van der Waals surface area contributed by atoms with Gasteiger partial charge in [-0.25, -0.2) is 0 Å². The highest BCUT2D eigenvalue weighted by Gasteiger charge is 2.24. The van der Waals surface area contributed by atoms with Gasteiger partial charge in [-0.15, -0.1) is 11.8 Å². The molecule has 1 aliphatic carbocycles. The van der Waals surface area contributed by atoms with Gasteiger partial charge in [-0.1, -0.05) is 51.2 Å². The third-order valence-corrected chi connectivity index (χ3v) is 5.97. The maximum Gasteiger partial charge on any atom is 0.239 e. The molecule has 2 aliphatic rings. The van der Waals surface area contributed by atoms with Gasteiger partial charge < -0.3 is 10.2 Å². The number of carbonyl (C=O) groups is 1. The van der Waals surface area contributed by atoms with Crippen molar-refractivity contribution >= 4 is 23.4 Å². The Morgan fingerprint density at radius 3 is 2.65 bits per heavy atom. The minimum absolute atomic E-state index is 0.185. The molecule has 0 bridgehead atoms. The normalized spacial score (nSPS) is 22.8. The Morgan fingerprint density at radius 1 is 1.17 bits per heavy atom. The van der Waals surface area contributed by atoms with Crippen molar-refractivity contribution in [3.05, 3.63) is 24.3 Å². The van der Waals surface area contributed by atoms with Crippen molar-refractivity contribution in [1.29, 1.82) is 0 Å². The summed E-state index contributed by atoms with van der Waals surface area (Å²) in [5.41, 5.74) is 1.21. The molecule has 23 heavy (non-hydrogen) atoms.